The van der Waals surface area contributed by atoms with E-state index in [1.807, 2.05) is 30.3 Å². The Morgan fingerprint density at radius 2 is 1.95 bits per heavy atom. The molecule has 1 aromatic heterocycles. The van der Waals surface area contributed by atoms with E-state index in [4.69, 9.17) is 10.5 Å². The number of pyridine rings is 1. The Bertz CT molecular complexity index is 663. The third-order valence-corrected chi connectivity index (χ3v) is 2.87. The van der Waals surface area contributed by atoms with Crippen LogP contribution in [0, 0.1) is 0 Å². The van der Waals surface area contributed by atoms with Crippen LogP contribution >= 0.6 is 0 Å². The summed E-state index contributed by atoms with van der Waals surface area (Å²) in [6.45, 7) is 2.52. The molecule has 0 atom stereocenters. The lowest BCUT2D eigenvalue weighted by Gasteiger charge is -2.11. The molecule has 0 aliphatic heterocycles. The van der Waals surface area contributed by atoms with Gasteiger partial charge in [-0.2, -0.15) is 0 Å². The highest BCUT2D eigenvalue weighted by Gasteiger charge is 2.16. The lowest BCUT2D eigenvalue weighted by atomic mass is 10.2. The SMILES string of the molecule is CCOc1ccn(Cc2ccccc2)c(=O)c1C(N)=O. The Balaban J connectivity index is 2.43. The number of hydrogen-bond acceptors (Lipinski definition) is 3. The molecule has 2 N–H and O–H groups in total. The van der Waals surface area contributed by atoms with E-state index in [2.05, 4.69) is 0 Å². The van der Waals surface area contributed by atoms with Gasteiger partial charge >= 0.3 is 0 Å². The number of hydrogen-bond donors (Lipinski definition) is 1. The van der Waals surface area contributed by atoms with E-state index in [0.29, 0.717) is 13.2 Å². The van der Waals surface area contributed by atoms with Crippen LogP contribution in [0.3, 0.4) is 0 Å². The predicted octanol–water partition coefficient (Wildman–Crippen LogP) is 1.39. The van der Waals surface area contributed by atoms with Crippen molar-refractivity contribution < 1.29 is 9.53 Å². The summed E-state index contributed by atoms with van der Waals surface area (Å²) in [5.41, 5.74) is 5.70. The Morgan fingerprint density at radius 3 is 2.55 bits per heavy atom. The van der Waals surface area contributed by atoms with E-state index in [1.165, 1.54) is 4.57 Å². The topological polar surface area (TPSA) is 74.3 Å². The van der Waals surface area contributed by atoms with E-state index < -0.39 is 11.5 Å². The molecule has 1 heterocycles. The molecule has 2 aromatic rings. The summed E-state index contributed by atoms with van der Waals surface area (Å²) in [6.07, 6.45) is 1.60. The molecule has 0 aliphatic carbocycles. The molecule has 0 radical (unpaired) electrons. The van der Waals surface area contributed by atoms with Gasteiger partial charge in [0, 0.05) is 6.20 Å². The third kappa shape index (κ3) is 2.88. The first-order valence-electron chi connectivity index (χ1n) is 6.33. The summed E-state index contributed by atoms with van der Waals surface area (Å²) < 4.78 is 6.71. The van der Waals surface area contributed by atoms with Crippen molar-refractivity contribution in [2.45, 2.75) is 13.5 Å². The van der Waals surface area contributed by atoms with E-state index in [0.717, 1.165) is 5.56 Å². The zero-order valence-corrected chi connectivity index (χ0v) is 11.2. The second-order valence-corrected chi connectivity index (χ2v) is 4.27. The quantitative estimate of drug-likeness (QED) is 0.893. The molecule has 5 heteroatoms. The van der Waals surface area contributed by atoms with Gasteiger partial charge in [-0.3, -0.25) is 9.59 Å². The van der Waals surface area contributed by atoms with Gasteiger partial charge < -0.3 is 15.0 Å². The van der Waals surface area contributed by atoms with Gasteiger partial charge in [0.25, 0.3) is 11.5 Å². The molecule has 0 aliphatic rings. The van der Waals surface area contributed by atoms with Crippen molar-refractivity contribution in [2.75, 3.05) is 6.61 Å². The van der Waals surface area contributed by atoms with Crippen LogP contribution in [-0.2, 0) is 6.54 Å². The molecule has 0 fully saturated rings. The summed E-state index contributed by atoms with van der Waals surface area (Å²) in [4.78, 5) is 23.7. The lowest BCUT2D eigenvalue weighted by molar-refractivity contribution is 0.0994. The highest BCUT2D eigenvalue weighted by Crippen LogP contribution is 2.14. The maximum atomic E-state index is 12.3. The Morgan fingerprint density at radius 1 is 1.25 bits per heavy atom. The molecule has 1 amide bonds. The maximum Gasteiger partial charge on any atom is 0.267 e. The van der Waals surface area contributed by atoms with Crippen LogP contribution in [0.4, 0.5) is 0 Å². The van der Waals surface area contributed by atoms with Gasteiger partial charge in [-0.05, 0) is 18.6 Å². The summed E-state index contributed by atoms with van der Waals surface area (Å²) in [5.74, 6) is -0.546. The van der Waals surface area contributed by atoms with E-state index >= 15 is 0 Å². The van der Waals surface area contributed by atoms with Gasteiger partial charge in [0.15, 0.2) is 0 Å². The zero-order valence-electron chi connectivity index (χ0n) is 11.2. The molecule has 20 heavy (non-hydrogen) atoms. The van der Waals surface area contributed by atoms with Crippen LogP contribution in [0.1, 0.15) is 22.8 Å². The fourth-order valence-corrected chi connectivity index (χ4v) is 1.96. The highest BCUT2D eigenvalue weighted by atomic mass is 16.5. The first kappa shape index (κ1) is 13.9. The van der Waals surface area contributed by atoms with Crippen molar-refractivity contribution in [3.8, 4) is 5.75 Å². The van der Waals surface area contributed by atoms with Crippen LogP contribution in [0.5, 0.6) is 5.75 Å². The number of carbonyl (C=O) groups is 1. The fraction of sp³-hybridized carbons (Fsp3) is 0.200. The molecular weight excluding hydrogens is 256 g/mol. The molecule has 5 nitrogen and oxygen atoms in total. The molecule has 0 saturated heterocycles. The molecule has 1 aromatic carbocycles. The summed E-state index contributed by atoms with van der Waals surface area (Å²) in [6, 6.07) is 11.1. The van der Waals surface area contributed by atoms with Gasteiger partial charge in [-0.25, -0.2) is 0 Å². The summed E-state index contributed by atoms with van der Waals surface area (Å²) >= 11 is 0. The van der Waals surface area contributed by atoms with E-state index in [9.17, 15) is 9.59 Å². The first-order chi connectivity index (χ1) is 9.63. The smallest absolute Gasteiger partial charge is 0.267 e. The van der Waals surface area contributed by atoms with Crippen LogP contribution in [0.2, 0.25) is 0 Å². The van der Waals surface area contributed by atoms with Crippen molar-refractivity contribution in [2.24, 2.45) is 5.73 Å². The Kier molecular flexibility index (Phi) is 4.20. The Hall–Kier alpha value is -2.56. The number of benzene rings is 1. The van der Waals surface area contributed by atoms with Crippen molar-refractivity contribution in [1.82, 2.24) is 4.57 Å². The van der Waals surface area contributed by atoms with Crippen LogP contribution < -0.4 is 16.0 Å². The van der Waals surface area contributed by atoms with Gasteiger partial charge in [-0.1, -0.05) is 30.3 Å². The van der Waals surface area contributed by atoms with Gasteiger partial charge in [0.05, 0.1) is 13.2 Å². The largest absolute Gasteiger partial charge is 0.493 e. The molecule has 0 spiro atoms. The Labute approximate surface area is 116 Å². The molecule has 0 bridgehead atoms. The standard InChI is InChI=1S/C15H16N2O3/c1-2-20-12-8-9-17(15(19)13(12)14(16)18)10-11-6-4-3-5-7-11/h3-9H,2,10H2,1H3,(H2,16,18). The normalized spacial score (nSPS) is 10.2. The summed E-state index contributed by atoms with van der Waals surface area (Å²) in [7, 11) is 0. The number of nitrogens with zero attached hydrogens (tertiary/aromatic N) is 1. The van der Waals surface area contributed by atoms with Crippen LogP contribution in [-0.4, -0.2) is 17.1 Å². The second kappa shape index (κ2) is 6.06. The van der Waals surface area contributed by atoms with Crippen molar-refractivity contribution in [1.29, 1.82) is 0 Å². The maximum absolute atomic E-state index is 12.3. The van der Waals surface area contributed by atoms with Gasteiger partial charge in [0.1, 0.15) is 11.3 Å². The first-order valence-corrected chi connectivity index (χ1v) is 6.33. The number of carbonyl (C=O) groups excluding carboxylic acids is 1. The predicted molar refractivity (Wildman–Crippen MR) is 75.9 cm³/mol. The average molecular weight is 272 g/mol. The summed E-state index contributed by atoms with van der Waals surface area (Å²) in [5, 5.41) is 0. The van der Waals surface area contributed by atoms with Gasteiger partial charge in [-0.15, -0.1) is 0 Å². The monoisotopic (exact) mass is 272 g/mol. The zero-order chi connectivity index (χ0) is 14.5. The number of rotatable bonds is 5. The van der Waals surface area contributed by atoms with Crippen LogP contribution in [0.15, 0.2) is 47.4 Å². The van der Waals surface area contributed by atoms with Crippen molar-refractivity contribution >= 4 is 5.91 Å². The van der Waals surface area contributed by atoms with E-state index in [1.54, 1.807) is 19.2 Å². The molecule has 104 valence electrons. The minimum Gasteiger partial charge on any atom is -0.493 e. The van der Waals surface area contributed by atoms with Gasteiger partial charge in [0.2, 0.25) is 0 Å². The molecule has 2 rings (SSSR count). The average Bonchev–Trinajstić information content (AvgIpc) is 2.43. The van der Waals surface area contributed by atoms with Crippen LogP contribution in [0.25, 0.3) is 0 Å². The van der Waals surface area contributed by atoms with E-state index in [-0.39, 0.29) is 11.3 Å². The third-order valence-electron chi connectivity index (χ3n) is 2.87. The van der Waals surface area contributed by atoms with Crippen molar-refractivity contribution in [3.05, 3.63) is 64.1 Å². The number of ether oxygens (including phenoxy) is 1. The number of amides is 1. The van der Waals surface area contributed by atoms with Crippen molar-refractivity contribution in [3.63, 3.8) is 0 Å². The minimum absolute atomic E-state index is 0.106. The molecular formula is C15H16N2O3. The fourth-order valence-electron chi connectivity index (χ4n) is 1.96. The molecule has 0 unspecified atom stereocenters. The molecule has 0 saturated carbocycles. The number of nitrogens with two attached hydrogens (primary N) is 1. The number of aromatic nitrogens is 1. The second-order valence-electron chi connectivity index (χ2n) is 4.27. The minimum atomic E-state index is -0.777. The lowest BCUT2D eigenvalue weighted by Crippen LogP contribution is -2.30. The number of primary amides is 1. The highest BCUT2D eigenvalue weighted by molar-refractivity contribution is 5.95.